The Balaban J connectivity index is 2.56. The van der Waals surface area contributed by atoms with Gasteiger partial charge in [-0.1, -0.05) is 0 Å². The molecule has 7 heteroatoms. The van der Waals surface area contributed by atoms with Gasteiger partial charge in [-0.25, -0.2) is 4.79 Å². The summed E-state index contributed by atoms with van der Waals surface area (Å²) in [5, 5.41) is 19.5. The summed E-state index contributed by atoms with van der Waals surface area (Å²) in [7, 11) is 1.49. The van der Waals surface area contributed by atoms with Crippen LogP contribution in [0.25, 0.3) is 5.69 Å². The Morgan fingerprint density at radius 2 is 2.31 bits per heavy atom. The van der Waals surface area contributed by atoms with Crippen molar-refractivity contribution < 1.29 is 14.6 Å². The Morgan fingerprint density at radius 3 is 2.88 bits per heavy atom. The molecule has 1 aromatic heterocycles. The van der Waals surface area contributed by atoms with Gasteiger partial charge in [0.1, 0.15) is 17.8 Å². The minimum absolute atomic E-state index is 0.145. The number of hydrogen-bond acceptors (Lipinski definition) is 5. The van der Waals surface area contributed by atoms with E-state index in [1.807, 2.05) is 0 Å². The van der Waals surface area contributed by atoms with Crippen molar-refractivity contribution in [2.24, 2.45) is 0 Å². The summed E-state index contributed by atoms with van der Waals surface area (Å²) in [6, 6.07) is 4.45. The molecule has 0 saturated heterocycles. The minimum Gasteiger partial charge on any atom is -0.494 e. The molecule has 1 aromatic carbocycles. The predicted octanol–water partition coefficient (Wildman–Crippen LogP) is 0.369. The van der Waals surface area contributed by atoms with Crippen LogP contribution in [0.2, 0.25) is 0 Å². The van der Waals surface area contributed by atoms with E-state index in [9.17, 15) is 4.79 Å². The first-order valence-electron chi connectivity index (χ1n) is 4.37. The third-order valence-corrected chi connectivity index (χ3v) is 2.02. The summed E-state index contributed by atoms with van der Waals surface area (Å²) in [5.41, 5.74) is 0.624. The molecule has 0 fully saturated rings. The van der Waals surface area contributed by atoms with Gasteiger partial charge in [-0.15, -0.1) is 5.10 Å². The molecule has 82 valence electrons. The van der Waals surface area contributed by atoms with Gasteiger partial charge in [0.2, 0.25) is 0 Å². The van der Waals surface area contributed by atoms with Crippen LogP contribution in [0.1, 0.15) is 10.4 Å². The number of rotatable bonds is 3. The van der Waals surface area contributed by atoms with Gasteiger partial charge < -0.3 is 9.84 Å². The number of aromatic carboxylic acids is 1. The van der Waals surface area contributed by atoms with Crippen LogP contribution in [0.5, 0.6) is 5.75 Å². The maximum Gasteiger partial charge on any atom is 0.335 e. The highest BCUT2D eigenvalue weighted by atomic mass is 16.5. The Hall–Kier alpha value is -2.44. The molecule has 1 heterocycles. The molecule has 16 heavy (non-hydrogen) atoms. The first-order chi connectivity index (χ1) is 7.72. The summed E-state index contributed by atoms with van der Waals surface area (Å²) < 4.78 is 6.43. The number of tetrazole rings is 1. The smallest absolute Gasteiger partial charge is 0.335 e. The van der Waals surface area contributed by atoms with Gasteiger partial charge in [0.25, 0.3) is 0 Å². The average Bonchev–Trinajstić information content (AvgIpc) is 2.81. The van der Waals surface area contributed by atoms with Gasteiger partial charge in [0.15, 0.2) is 0 Å². The molecule has 0 atom stereocenters. The lowest BCUT2D eigenvalue weighted by atomic mass is 10.2. The predicted molar refractivity (Wildman–Crippen MR) is 52.7 cm³/mol. The van der Waals surface area contributed by atoms with E-state index < -0.39 is 5.97 Å². The van der Waals surface area contributed by atoms with Gasteiger partial charge in [-0.05, 0) is 28.6 Å². The standard InChI is InChI=1S/C9H8N4O3/c1-16-8-3-2-6(9(14)15)4-7(8)13-5-10-11-12-13/h2-5H,1H3,(H,14,15). The van der Waals surface area contributed by atoms with E-state index in [1.165, 1.54) is 30.3 Å². The molecule has 0 amide bonds. The van der Waals surface area contributed by atoms with Crippen molar-refractivity contribution in [2.45, 2.75) is 0 Å². The summed E-state index contributed by atoms with van der Waals surface area (Å²) in [4.78, 5) is 10.8. The van der Waals surface area contributed by atoms with Crippen LogP contribution in [0, 0.1) is 0 Å². The van der Waals surface area contributed by atoms with Gasteiger partial charge >= 0.3 is 5.97 Å². The Bertz CT molecular complexity index is 509. The Morgan fingerprint density at radius 1 is 1.50 bits per heavy atom. The van der Waals surface area contributed by atoms with Crippen LogP contribution in [-0.2, 0) is 0 Å². The van der Waals surface area contributed by atoms with Gasteiger partial charge in [0, 0.05) is 0 Å². The SMILES string of the molecule is COc1ccc(C(=O)O)cc1-n1cnnn1. The largest absolute Gasteiger partial charge is 0.494 e. The zero-order chi connectivity index (χ0) is 11.5. The van der Waals surface area contributed by atoms with Crippen molar-refractivity contribution in [3.8, 4) is 11.4 Å². The van der Waals surface area contributed by atoms with Crippen molar-refractivity contribution in [1.29, 1.82) is 0 Å². The number of methoxy groups -OCH3 is 1. The molecule has 1 N–H and O–H groups in total. The van der Waals surface area contributed by atoms with Crippen LogP contribution in [0.15, 0.2) is 24.5 Å². The molecular weight excluding hydrogens is 212 g/mol. The molecular formula is C9H8N4O3. The maximum atomic E-state index is 10.8. The highest BCUT2D eigenvalue weighted by Crippen LogP contribution is 2.22. The third-order valence-electron chi connectivity index (χ3n) is 2.02. The zero-order valence-corrected chi connectivity index (χ0v) is 8.36. The highest BCUT2D eigenvalue weighted by Gasteiger charge is 2.11. The molecule has 0 unspecified atom stereocenters. The molecule has 0 spiro atoms. The molecule has 0 radical (unpaired) electrons. The number of carboxylic acids is 1. The van der Waals surface area contributed by atoms with Crippen molar-refractivity contribution in [3.05, 3.63) is 30.1 Å². The van der Waals surface area contributed by atoms with E-state index in [4.69, 9.17) is 9.84 Å². The monoisotopic (exact) mass is 220 g/mol. The van der Waals surface area contributed by atoms with E-state index in [1.54, 1.807) is 6.07 Å². The second-order valence-electron chi connectivity index (χ2n) is 2.95. The summed E-state index contributed by atoms with van der Waals surface area (Å²) in [6.45, 7) is 0. The van der Waals surface area contributed by atoms with Crippen molar-refractivity contribution in [3.63, 3.8) is 0 Å². The molecule has 0 aliphatic carbocycles. The highest BCUT2D eigenvalue weighted by molar-refractivity contribution is 5.88. The van der Waals surface area contributed by atoms with Crippen molar-refractivity contribution in [2.75, 3.05) is 7.11 Å². The molecule has 7 nitrogen and oxygen atoms in total. The summed E-state index contributed by atoms with van der Waals surface area (Å²) >= 11 is 0. The number of ether oxygens (including phenoxy) is 1. The number of aromatic nitrogens is 4. The fraction of sp³-hybridized carbons (Fsp3) is 0.111. The fourth-order valence-corrected chi connectivity index (χ4v) is 1.27. The van der Waals surface area contributed by atoms with E-state index >= 15 is 0 Å². The van der Waals surface area contributed by atoms with E-state index in [0.29, 0.717) is 11.4 Å². The molecule has 0 aliphatic rings. The normalized spacial score (nSPS) is 10.1. The molecule has 0 aliphatic heterocycles. The lowest BCUT2D eigenvalue weighted by Gasteiger charge is -2.07. The van der Waals surface area contributed by atoms with E-state index in [-0.39, 0.29) is 5.56 Å². The fourth-order valence-electron chi connectivity index (χ4n) is 1.27. The number of nitrogens with zero attached hydrogens (tertiary/aromatic N) is 4. The Kier molecular flexibility index (Phi) is 2.50. The van der Waals surface area contributed by atoms with Gasteiger partial charge in [0.05, 0.1) is 12.7 Å². The van der Waals surface area contributed by atoms with Crippen LogP contribution in [0.3, 0.4) is 0 Å². The van der Waals surface area contributed by atoms with Crippen LogP contribution < -0.4 is 4.74 Å². The number of carboxylic acid groups (broad SMARTS) is 1. The molecule has 2 rings (SSSR count). The number of benzene rings is 1. The lowest BCUT2D eigenvalue weighted by Crippen LogP contribution is -2.03. The molecule has 2 aromatic rings. The topological polar surface area (TPSA) is 90.1 Å². The van der Waals surface area contributed by atoms with Crippen molar-refractivity contribution in [1.82, 2.24) is 20.2 Å². The lowest BCUT2D eigenvalue weighted by molar-refractivity contribution is 0.0697. The Labute approximate surface area is 90.3 Å². The average molecular weight is 220 g/mol. The second kappa shape index (κ2) is 3.97. The quantitative estimate of drug-likeness (QED) is 0.803. The zero-order valence-electron chi connectivity index (χ0n) is 8.36. The van der Waals surface area contributed by atoms with Crippen molar-refractivity contribution >= 4 is 5.97 Å². The minimum atomic E-state index is -1.02. The molecule has 0 saturated carbocycles. The first-order valence-corrected chi connectivity index (χ1v) is 4.37. The van der Waals surface area contributed by atoms with Gasteiger partial charge in [-0.3, -0.25) is 0 Å². The van der Waals surface area contributed by atoms with Gasteiger partial charge in [-0.2, -0.15) is 4.68 Å². The van der Waals surface area contributed by atoms with E-state index in [2.05, 4.69) is 15.5 Å². The first kappa shape index (κ1) is 10.1. The van der Waals surface area contributed by atoms with Crippen LogP contribution >= 0.6 is 0 Å². The summed E-state index contributed by atoms with van der Waals surface area (Å²) in [6.07, 6.45) is 1.36. The molecule has 0 bridgehead atoms. The van der Waals surface area contributed by atoms with Crippen LogP contribution in [-0.4, -0.2) is 38.4 Å². The summed E-state index contributed by atoms with van der Waals surface area (Å²) in [5.74, 6) is -0.519. The maximum absolute atomic E-state index is 10.8. The van der Waals surface area contributed by atoms with E-state index in [0.717, 1.165) is 0 Å². The third kappa shape index (κ3) is 1.70. The number of hydrogen-bond donors (Lipinski definition) is 1. The van der Waals surface area contributed by atoms with Crippen LogP contribution in [0.4, 0.5) is 0 Å². The second-order valence-corrected chi connectivity index (χ2v) is 2.95. The number of carbonyl (C=O) groups is 1.